The van der Waals surface area contributed by atoms with Crippen LogP contribution in [0.15, 0.2) is 30.2 Å². The first-order valence-electron chi connectivity index (χ1n) is 8.26. The van der Waals surface area contributed by atoms with Crippen LogP contribution in [-0.4, -0.2) is 61.3 Å². The number of imidazole rings is 1. The second-order valence-electron chi connectivity index (χ2n) is 6.63. The van der Waals surface area contributed by atoms with Gasteiger partial charge in [-0.3, -0.25) is 0 Å². The van der Waals surface area contributed by atoms with E-state index in [0.717, 1.165) is 19.4 Å². The van der Waals surface area contributed by atoms with Gasteiger partial charge in [0.15, 0.2) is 5.03 Å². The third kappa shape index (κ3) is 3.28. The summed E-state index contributed by atoms with van der Waals surface area (Å²) < 4.78 is 40.6. The van der Waals surface area contributed by atoms with Crippen molar-refractivity contribution in [2.75, 3.05) is 32.9 Å². The highest BCUT2D eigenvalue weighted by molar-refractivity contribution is 7.89. The van der Waals surface area contributed by atoms with Crippen molar-refractivity contribution in [3.63, 3.8) is 0 Å². The number of sulfonamides is 1. The molecule has 0 N–H and O–H groups in total. The maximum Gasteiger partial charge on any atom is 0.262 e. The quantitative estimate of drug-likeness (QED) is 0.566. The summed E-state index contributed by atoms with van der Waals surface area (Å²) in [7, 11) is -1.83. The van der Waals surface area contributed by atoms with Crippen LogP contribution in [0.3, 0.4) is 0 Å². The Balaban J connectivity index is 1.82. The Kier molecular flexibility index (Phi) is 5.10. The molecule has 1 aromatic rings. The molecule has 0 radical (unpaired) electrons. The van der Waals surface area contributed by atoms with Gasteiger partial charge in [0, 0.05) is 38.4 Å². The van der Waals surface area contributed by atoms with Crippen molar-refractivity contribution in [3.8, 4) is 0 Å². The Hall–Kier alpha value is -1.22. The van der Waals surface area contributed by atoms with Crippen molar-refractivity contribution < 1.29 is 17.9 Å². The lowest BCUT2D eigenvalue weighted by Gasteiger charge is -2.49. The van der Waals surface area contributed by atoms with E-state index in [1.54, 1.807) is 23.9 Å². The van der Waals surface area contributed by atoms with Crippen LogP contribution in [0, 0.1) is 5.41 Å². The zero-order chi connectivity index (χ0) is 17.2. The molecule has 3 heterocycles. The molecule has 0 aliphatic carbocycles. The number of aromatic nitrogens is 2. The molecular formula is C16H25N3O4S. The second kappa shape index (κ2) is 6.95. The van der Waals surface area contributed by atoms with Gasteiger partial charge in [-0.25, -0.2) is 13.4 Å². The van der Waals surface area contributed by atoms with Crippen molar-refractivity contribution in [2.24, 2.45) is 12.5 Å². The summed E-state index contributed by atoms with van der Waals surface area (Å²) in [6, 6.07) is 0. The molecule has 8 heteroatoms. The molecule has 0 saturated carbocycles. The van der Waals surface area contributed by atoms with Crippen LogP contribution in [0.5, 0.6) is 0 Å². The number of rotatable bonds is 6. The summed E-state index contributed by atoms with van der Waals surface area (Å²) in [6.07, 6.45) is 7.32. The van der Waals surface area contributed by atoms with Crippen molar-refractivity contribution in [1.29, 1.82) is 0 Å². The van der Waals surface area contributed by atoms with Gasteiger partial charge >= 0.3 is 0 Å². The molecule has 2 aliphatic rings. The van der Waals surface area contributed by atoms with Crippen LogP contribution in [0.4, 0.5) is 0 Å². The molecule has 2 aliphatic heterocycles. The molecule has 0 aromatic carbocycles. The predicted octanol–water partition coefficient (Wildman–Crippen LogP) is 1.18. The maximum atomic E-state index is 12.9. The Morgan fingerprint density at radius 1 is 1.58 bits per heavy atom. The molecule has 0 spiro atoms. The minimum atomic E-state index is -3.59. The van der Waals surface area contributed by atoms with Gasteiger partial charge in [0.2, 0.25) is 0 Å². The van der Waals surface area contributed by atoms with Crippen LogP contribution in [0.25, 0.3) is 0 Å². The molecule has 0 amide bonds. The third-order valence-corrected chi connectivity index (χ3v) is 6.59. The fourth-order valence-electron chi connectivity index (χ4n) is 3.67. The Morgan fingerprint density at radius 3 is 3.12 bits per heavy atom. The molecule has 2 fully saturated rings. The summed E-state index contributed by atoms with van der Waals surface area (Å²) >= 11 is 0. The van der Waals surface area contributed by atoms with E-state index in [1.165, 1.54) is 10.6 Å². The van der Waals surface area contributed by atoms with Gasteiger partial charge in [-0.2, -0.15) is 4.31 Å². The van der Waals surface area contributed by atoms with E-state index in [4.69, 9.17) is 9.47 Å². The minimum Gasteiger partial charge on any atom is -0.377 e. The van der Waals surface area contributed by atoms with Crippen LogP contribution in [0.2, 0.25) is 0 Å². The smallest absolute Gasteiger partial charge is 0.262 e. The SMILES string of the molecule is C=CCOC[C@@]12CCCO[C@@H]1CCN(S(=O)(=O)c1cn(C)cn1)C2. The van der Waals surface area contributed by atoms with Gasteiger partial charge in [0.25, 0.3) is 10.0 Å². The van der Waals surface area contributed by atoms with E-state index in [1.807, 2.05) is 0 Å². The highest BCUT2D eigenvalue weighted by Crippen LogP contribution is 2.41. The van der Waals surface area contributed by atoms with Gasteiger partial charge in [0.1, 0.15) is 0 Å². The molecule has 0 bridgehead atoms. The second-order valence-corrected chi connectivity index (χ2v) is 8.52. The van der Waals surface area contributed by atoms with E-state index in [2.05, 4.69) is 11.6 Å². The third-order valence-electron chi connectivity index (χ3n) is 4.86. The summed E-state index contributed by atoms with van der Waals surface area (Å²) in [5, 5.41) is 0.0994. The number of fused-ring (bicyclic) bond motifs is 1. The normalized spacial score (nSPS) is 28.5. The van der Waals surface area contributed by atoms with Gasteiger partial charge in [0.05, 0.1) is 25.6 Å². The van der Waals surface area contributed by atoms with Crippen LogP contribution in [0.1, 0.15) is 19.3 Å². The lowest BCUT2D eigenvalue weighted by molar-refractivity contribution is -0.140. The zero-order valence-corrected chi connectivity index (χ0v) is 14.9. The Bertz CT molecular complexity index is 687. The predicted molar refractivity (Wildman–Crippen MR) is 89.0 cm³/mol. The standard InChI is InChI=1S/C16H25N3O4S/c1-3-8-22-12-16-6-4-9-23-14(16)5-7-19(11-16)24(20,21)15-10-18(2)13-17-15/h3,10,13-14H,1,4-9,11-12H2,2H3/t14-,16+/m1/s1. The number of nitrogens with zero attached hydrogens (tertiary/aromatic N) is 3. The van der Waals surface area contributed by atoms with Gasteiger partial charge in [-0.1, -0.05) is 6.08 Å². The first-order chi connectivity index (χ1) is 11.5. The highest BCUT2D eigenvalue weighted by atomic mass is 32.2. The van der Waals surface area contributed by atoms with E-state index in [0.29, 0.717) is 32.7 Å². The van der Waals surface area contributed by atoms with Gasteiger partial charge in [-0.05, 0) is 19.3 Å². The largest absolute Gasteiger partial charge is 0.377 e. The highest BCUT2D eigenvalue weighted by Gasteiger charge is 2.49. The van der Waals surface area contributed by atoms with Crippen LogP contribution in [-0.2, 0) is 26.5 Å². The number of piperidine rings is 1. The topological polar surface area (TPSA) is 73.7 Å². The number of hydrogen-bond donors (Lipinski definition) is 0. The number of ether oxygens (including phenoxy) is 2. The molecule has 134 valence electrons. The first kappa shape index (κ1) is 17.6. The molecule has 1 aromatic heterocycles. The zero-order valence-electron chi connectivity index (χ0n) is 14.1. The summed E-state index contributed by atoms with van der Waals surface area (Å²) in [5.74, 6) is 0. The molecule has 0 unspecified atom stereocenters. The lowest BCUT2D eigenvalue weighted by atomic mass is 9.73. The van der Waals surface area contributed by atoms with Gasteiger partial charge < -0.3 is 14.0 Å². The summed E-state index contributed by atoms with van der Waals surface area (Å²) in [4.78, 5) is 4.02. The van der Waals surface area contributed by atoms with Crippen molar-refractivity contribution >= 4 is 10.0 Å². The number of hydrogen-bond acceptors (Lipinski definition) is 5. The van der Waals surface area contributed by atoms with Gasteiger partial charge in [-0.15, -0.1) is 6.58 Å². The maximum absolute atomic E-state index is 12.9. The van der Waals surface area contributed by atoms with E-state index < -0.39 is 10.0 Å². The van der Waals surface area contributed by atoms with Crippen LogP contribution < -0.4 is 0 Å². The Morgan fingerprint density at radius 2 is 2.42 bits per heavy atom. The monoisotopic (exact) mass is 355 g/mol. The first-order valence-corrected chi connectivity index (χ1v) is 9.70. The summed E-state index contributed by atoms with van der Waals surface area (Å²) in [6.45, 7) is 6.21. The average Bonchev–Trinajstić information content (AvgIpc) is 3.02. The summed E-state index contributed by atoms with van der Waals surface area (Å²) in [5.41, 5.74) is -0.290. The molecule has 7 nitrogen and oxygen atoms in total. The Labute approximate surface area is 143 Å². The lowest BCUT2D eigenvalue weighted by Crippen LogP contribution is -2.58. The molecule has 2 saturated heterocycles. The molecule has 24 heavy (non-hydrogen) atoms. The van der Waals surface area contributed by atoms with E-state index >= 15 is 0 Å². The van der Waals surface area contributed by atoms with Crippen molar-refractivity contribution in [2.45, 2.75) is 30.4 Å². The van der Waals surface area contributed by atoms with Crippen molar-refractivity contribution in [1.82, 2.24) is 13.9 Å². The van der Waals surface area contributed by atoms with E-state index in [-0.39, 0.29) is 16.5 Å². The fourth-order valence-corrected chi connectivity index (χ4v) is 5.18. The van der Waals surface area contributed by atoms with Crippen LogP contribution >= 0.6 is 0 Å². The van der Waals surface area contributed by atoms with Crippen molar-refractivity contribution in [3.05, 3.63) is 25.2 Å². The minimum absolute atomic E-state index is 0.0475. The fraction of sp³-hybridized carbons (Fsp3) is 0.688. The van der Waals surface area contributed by atoms with E-state index in [9.17, 15) is 8.42 Å². The number of aryl methyl sites for hydroxylation is 1. The molecule has 3 rings (SSSR count). The molecular weight excluding hydrogens is 330 g/mol. The molecule has 2 atom stereocenters. The average molecular weight is 355 g/mol.